The van der Waals surface area contributed by atoms with Gasteiger partial charge in [0, 0.05) is 31.6 Å². The summed E-state index contributed by atoms with van der Waals surface area (Å²) in [6.45, 7) is 6.24. The van der Waals surface area contributed by atoms with Crippen LogP contribution in [0.4, 0.5) is 0 Å². The molecule has 2 aliphatic heterocycles. The van der Waals surface area contributed by atoms with Gasteiger partial charge in [-0.2, -0.15) is 0 Å². The van der Waals surface area contributed by atoms with Crippen LogP contribution >= 0.6 is 0 Å². The van der Waals surface area contributed by atoms with Crippen LogP contribution in [0, 0.1) is 0 Å². The molecule has 0 saturated carbocycles. The van der Waals surface area contributed by atoms with E-state index in [2.05, 4.69) is 41.1 Å². The third kappa shape index (κ3) is 3.57. The second-order valence-corrected chi connectivity index (χ2v) is 6.17. The van der Waals surface area contributed by atoms with Crippen molar-refractivity contribution in [1.29, 1.82) is 0 Å². The normalized spacial score (nSPS) is 28.1. The van der Waals surface area contributed by atoms with Crippen LogP contribution in [0.3, 0.4) is 0 Å². The van der Waals surface area contributed by atoms with E-state index in [4.69, 9.17) is 4.74 Å². The van der Waals surface area contributed by atoms with Crippen molar-refractivity contribution in [2.75, 3.05) is 19.7 Å². The minimum Gasteiger partial charge on any atom is -0.371 e. The standard InChI is InChI=1S/C18H24N2O2/c1-2-3-9-18(21)19-15-10-16-13-22-17(12-20(16)11-15)14-7-5-4-6-8-14/h2,4-8,15-17H,1,3,9-13H2,(H,19,21)/t15-,16+,17-/m1/s1. The Morgan fingerprint density at radius 3 is 2.95 bits per heavy atom. The molecule has 4 heteroatoms. The molecule has 1 aromatic carbocycles. The van der Waals surface area contributed by atoms with Gasteiger partial charge >= 0.3 is 0 Å². The molecule has 0 spiro atoms. The second kappa shape index (κ2) is 7.07. The van der Waals surface area contributed by atoms with Gasteiger partial charge in [-0.25, -0.2) is 0 Å². The van der Waals surface area contributed by atoms with E-state index in [1.807, 2.05) is 6.07 Å². The highest BCUT2D eigenvalue weighted by Gasteiger charge is 2.38. The lowest BCUT2D eigenvalue weighted by Gasteiger charge is -2.35. The summed E-state index contributed by atoms with van der Waals surface area (Å²) in [5.41, 5.74) is 1.24. The lowest BCUT2D eigenvalue weighted by molar-refractivity contribution is -0.121. The van der Waals surface area contributed by atoms with Crippen LogP contribution in [0.25, 0.3) is 0 Å². The maximum atomic E-state index is 11.8. The van der Waals surface area contributed by atoms with Gasteiger partial charge in [-0.15, -0.1) is 6.58 Å². The third-order valence-corrected chi connectivity index (χ3v) is 4.53. The number of morpholine rings is 1. The number of hydrogen-bond donors (Lipinski definition) is 1. The maximum Gasteiger partial charge on any atom is 0.220 e. The summed E-state index contributed by atoms with van der Waals surface area (Å²) in [5.74, 6) is 0.130. The molecule has 2 aliphatic rings. The molecule has 4 nitrogen and oxygen atoms in total. The quantitative estimate of drug-likeness (QED) is 0.848. The maximum absolute atomic E-state index is 11.8. The number of hydrogen-bond acceptors (Lipinski definition) is 3. The number of benzene rings is 1. The van der Waals surface area contributed by atoms with E-state index in [9.17, 15) is 4.79 Å². The van der Waals surface area contributed by atoms with Crippen molar-refractivity contribution in [3.63, 3.8) is 0 Å². The Labute approximate surface area is 132 Å². The van der Waals surface area contributed by atoms with Gasteiger partial charge in [-0.05, 0) is 18.4 Å². The summed E-state index contributed by atoms with van der Waals surface area (Å²) in [6.07, 6.45) is 4.20. The van der Waals surface area contributed by atoms with Gasteiger partial charge in [0.2, 0.25) is 5.91 Å². The summed E-state index contributed by atoms with van der Waals surface area (Å²) in [6, 6.07) is 11.1. The first-order valence-electron chi connectivity index (χ1n) is 8.07. The summed E-state index contributed by atoms with van der Waals surface area (Å²) in [4.78, 5) is 14.3. The molecule has 3 atom stereocenters. The molecule has 0 aromatic heterocycles. The van der Waals surface area contributed by atoms with Crippen LogP contribution in [0.5, 0.6) is 0 Å². The molecular weight excluding hydrogens is 276 g/mol. The molecule has 2 fully saturated rings. The Morgan fingerprint density at radius 2 is 2.18 bits per heavy atom. The van der Waals surface area contributed by atoms with Crippen molar-refractivity contribution in [2.24, 2.45) is 0 Å². The highest BCUT2D eigenvalue weighted by molar-refractivity contribution is 5.76. The molecular formula is C18H24N2O2. The summed E-state index contributed by atoms with van der Waals surface area (Å²) in [7, 11) is 0. The van der Waals surface area contributed by atoms with Gasteiger partial charge in [-0.3, -0.25) is 9.69 Å². The first-order valence-corrected chi connectivity index (χ1v) is 8.07. The second-order valence-electron chi connectivity index (χ2n) is 6.17. The average Bonchev–Trinajstić information content (AvgIpc) is 2.95. The molecule has 1 N–H and O–H groups in total. The van der Waals surface area contributed by atoms with Crippen molar-refractivity contribution in [3.05, 3.63) is 48.6 Å². The predicted molar refractivity (Wildman–Crippen MR) is 86.5 cm³/mol. The molecule has 2 saturated heterocycles. The van der Waals surface area contributed by atoms with Gasteiger partial charge < -0.3 is 10.1 Å². The molecule has 3 rings (SSSR count). The van der Waals surface area contributed by atoms with Crippen molar-refractivity contribution in [2.45, 2.75) is 37.5 Å². The zero-order chi connectivity index (χ0) is 15.4. The van der Waals surface area contributed by atoms with Crippen LogP contribution < -0.4 is 5.32 Å². The molecule has 2 heterocycles. The van der Waals surface area contributed by atoms with Crippen LogP contribution in [0.2, 0.25) is 0 Å². The number of fused-ring (bicyclic) bond motifs is 1. The largest absolute Gasteiger partial charge is 0.371 e. The number of allylic oxidation sites excluding steroid dienone is 1. The van der Waals surface area contributed by atoms with Gasteiger partial charge in [-0.1, -0.05) is 36.4 Å². The van der Waals surface area contributed by atoms with E-state index in [1.54, 1.807) is 6.08 Å². The fraction of sp³-hybridized carbons (Fsp3) is 0.500. The number of ether oxygens (including phenoxy) is 1. The van der Waals surface area contributed by atoms with Gasteiger partial charge in [0.1, 0.15) is 0 Å². The molecule has 0 unspecified atom stereocenters. The van der Waals surface area contributed by atoms with Crippen LogP contribution in [-0.2, 0) is 9.53 Å². The van der Waals surface area contributed by atoms with E-state index in [0.717, 1.165) is 32.5 Å². The molecule has 1 aromatic rings. The van der Waals surface area contributed by atoms with Crippen LogP contribution in [0.15, 0.2) is 43.0 Å². The fourth-order valence-electron chi connectivity index (χ4n) is 3.38. The monoisotopic (exact) mass is 300 g/mol. The van der Waals surface area contributed by atoms with Crippen LogP contribution in [0.1, 0.15) is 30.9 Å². The molecule has 118 valence electrons. The van der Waals surface area contributed by atoms with Gasteiger partial charge in [0.05, 0.1) is 12.7 Å². The number of amides is 1. The Kier molecular flexibility index (Phi) is 4.90. The van der Waals surface area contributed by atoms with Crippen molar-refractivity contribution < 1.29 is 9.53 Å². The minimum atomic E-state index is 0.130. The highest BCUT2D eigenvalue weighted by Crippen LogP contribution is 2.30. The van der Waals surface area contributed by atoms with Crippen molar-refractivity contribution in [1.82, 2.24) is 10.2 Å². The summed E-state index contributed by atoms with van der Waals surface area (Å²) in [5, 5.41) is 3.14. The fourth-order valence-corrected chi connectivity index (χ4v) is 3.38. The average molecular weight is 300 g/mol. The summed E-state index contributed by atoms with van der Waals surface area (Å²) >= 11 is 0. The number of nitrogens with zero attached hydrogens (tertiary/aromatic N) is 1. The smallest absolute Gasteiger partial charge is 0.220 e. The van der Waals surface area contributed by atoms with Gasteiger partial charge in [0.25, 0.3) is 0 Å². The number of carbonyl (C=O) groups excluding carboxylic acids is 1. The Morgan fingerprint density at radius 1 is 1.36 bits per heavy atom. The summed E-state index contributed by atoms with van der Waals surface area (Å²) < 4.78 is 6.03. The van der Waals surface area contributed by atoms with Crippen molar-refractivity contribution >= 4 is 5.91 Å². The predicted octanol–water partition coefficient (Wildman–Crippen LogP) is 2.28. The Hall–Kier alpha value is -1.65. The first-order chi connectivity index (χ1) is 10.8. The molecule has 0 bridgehead atoms. The van der Waals surface area contributed by atoms with E-state index in [-0.39, 0.29) is 18.1 Å². The van der Waals surface area contributed by atoms with Gasteiger partial charge in [0.15, 0.2) is 0 Å². The number of carbonyl (C=O) groups is 1. The third-order valence-electron chi connectivity index (χ3n) is 4.53. The molecule has 22 heavy (non-hydrogen) atoms. The molecule has 0 aliphatic carbocycles. The molecule has 0 radical (unpaired) electrons. The lowest BCUT2D eigenvalue weighted by atomic mass is 10.1. The SMILES string of the molecule is C=CCCC(=O)N[C@@H]1C[C@H]2CO[C@@H](c3ccccc3)CN2C1. The zero-order valence-electron chi connectivity index (χ0n) is 12.9. The number of rotatable bonds is 5. The van der Waals surface area contributed by atoms with Crippen molar-refractivity contribution in [3.8, 4) is 0 Å². The Bertz CT molecular complexity index is 517. The zero-order valence-corrected chi connectivity index (χ0v) is 12.9. The Balaban J connectivity index is 1.53. The minimum absolute atomic E-state index is 0.130. The number of nitrogens with one attached hydrogen (secondary N) is 1. The van der Waals surface area contributed by atoms with E-state index in [1.165, 1.54) is 5.56 Å². The first kappa shape index (κ1) is 15.3. The topological polar surface area (TPSA) is 41.6 Å². The lowest BCUT2D eigenvalue weighted by Crippen LogP contribution is -2.43. The van der Waals surface area contributed by atoms with E-state index < -0.39 is 0 Å². The van der Waals surface area contributed by atoms with Crippen LogP contribution in [-0.4, -0.2) is 42.6 Å². The van der Waals surface area contributed by atoms with E-state index in [0.29, 0.717) is 12.5 Å². The highest BCUT2D eigenvalue weighted by atomic mass is 16.5. The van der Waals surface area contributed by atoms with E-state index >= 15 is 0 Å². The molecule has 1 amide bonds.